The predicted octanol–water partition coefficient (Wildman–Crippen LogP) is 3.14. The Kier molecular flexibility index (Phi) is 9.52. The molecule has 0 aromatic carbocycles. The van der Waals surface area contributed by atoms with Gasteiger partial charge < -0.3 is 19.7 Å². The first kappa shape index (κ1) is 22.5. The van der Waals surface area contributed by atoms with Crippen LogP contribution in [0.25, 0.3) is 0 Å². The molecule has 4 aliphatic rings. The molecule has 164 valence electrons. The summed E-state index contributed by atoms with van der Waals surface area (Å²) >= 11 is 0. The molecule has 0 unspecified atom stereocenters. The first-order valence-electron chi connectivity index (χ1n) is 12.2. The molecule has 0 amide bonds. The van der Waals surface area contributed by atoms with Crippen LogP contribution in [0.3, 0.4) is 0 Å². The maximum Gasteiger partial charge on any atom is 0.0608 e. The topological polar surface area (TPSA) is 37.0 Å². The van der Waals surface area contributed by atoms with Gasteiger partial charge in [0.2, 0.25) is 0 Å². The van der Waals surface area contributed by atoms with Crippen LogP contribution in [-0.2, 0) is 9.47 Å². The van der Waals surface area contributed by atoms with Crippen LogP contribution < -0.4 is 5.32 Å². The number of likely N-dealkylation sites (tertiary alicyclic amines) is 2. The zero-order valence-electron chi connectivity index (χ0n) is 18.7. The van der Waals surface area contributed by atoms with Crippen LogP contribution in [0.15, 0.2) is 0 Å². The molecular formula is C23H45N3O2. The van der Waals surface area contributed by atoms with E-state index in [4.69, 9.17) is 9.47 Å². The molecule has 3 aliphatic heterocycles. The molecule has 1 N–H and O–H groups in total. The molecule has 3 heterocycles. The van der Waals surface area contributed by atoms with Gasteiger partial charge in [-0.1, -0.05) is 13.8 Å². The molecule has 5 nitrogen and oxygen atoms in total. The SMILES string of the molecule is CC.COC1CCN(C2CC(OC3CCN(CC4CCNCC4)CC3)C2)CC1. The summed E-state index contributed by atoms with van der Waals surface area (Å²) in [6, 6.07) is 0.776. The molecule has 4 fully saturated rings. The van der Waals surface area contributed by atoms with E-state index in [9.17, 15) is 0 Å². The highest BCUT2D eigenvalue weighted by Crippen LogP contribution is 2.33. The van der Waals surface area contributed by atoms with Gasteiger partial charge in [0.15, 0.2) is 0 Å². The summed E-state index contributed by atoms with van der Waals surface area (Å²) in [5, 5.41) is 3.48. The van der Waals surface area contributed by atoms with E-state index in [1.807, 2.05) is 21.0 Å². The Balaban J connectivity index is 0.00000109. The maximum atomic E-state index is 6.44. The third-order valence-corrected chi connectivity index (χ3v) is 7.29. The summed E-state index contributed by atoms with van der Waals surface area (Å²) in [6.45, 7) is 12.7. The number of nitrogens with zero attached hydrogens (tertiary/aromatic N) is 2. The number of hydrogen-bond acceptors (Lipinski definition) is 5. The summed E-state index contributed by atoms with van der Waals surface area (Å²) in [4.78, 5) is 5.37. The minimum absolute atomic E-state index is 0.494. The van der Waals surface area contributed by atoms with Crippen molar-refractivity contribution in [1.82, 2.24) is 15.1 Å². The molecule has 0 atom stereocenters. The van der Waals surface area contributed by atoms with E-state index < -0.39 is 0 Å². The highest BCUT2D eigenvalue weighted by atomic mass is 16.5. The van der Waals surface area contributed by atoms with Gasteiger partial charge in [-0.2, -0.15) is 0 Å². The van der Waals surface area contributed by atoms with E-state index in [2.05, 4.69) is 15.1 Å². The van der Waals surface area contributed by atoms with Crippen molar-refractivity contribution in [3.05, 3.63) is 0 Å². The largest absolute Gasteiger partial charge is 0.381 e. The Hall–Kier alpha value is -0.200. The highest BCUT2D eigenvalue weighted by molar-refractivity contribution is 4.91. The first-order chi connectivity index (χ1) is 13.8. The number of hydrogen-bond donors (Lipinski definition) is 1. The van der Waals surface area contributed by atoms with Gasteiger partial charge in [-0.25, -0.2) is 0 Å². The van der Waals surface area contributed by atoms with Crippen molar-refractivity contribution in [2.75, 3.05) is 52.9 Å². The second-order valence-electron chi connectivity index (χ2n) is 9.05. The van der Waals surface area contributed by atoms with Gasteiger partial charge >= 0.3 is 0 Å². The minimum atomic E-state index is 0.494. The monoisotopic (exact) mass is 395 g/mol. The average Bonchev–Trinajstić information content (AvgIpc) is 2.74. The smallest absolute Gasteiger partial charge is 0.0608 e. The van der Waals surface area contributed by atoms with Crippen molar-refractivity contribution < 1.29 is 9.47 Å². The molecule has 0 spiro atoms. The Bertz CT molecular complexity index is 408. The fraction of sp³-hybridized carbons (Fsp3) is 1.00. The standard InChI is InChI=1S/C21H39N3O2.C2H6/c1-25-19-6-12-24(13-7-19)18-14-21(15-18)26-20-4-10-23(11-5-20)16-17-2-8-22-9-3-17;1-2/h17-22H,2-16H2,1H3;1-2H3. The Morgan fingerprint density at radius 1 is 0.786 bits per heavy atom. The number of rotatable bonds is 6. The van der Waals surface area contributed by atoms with E-state index >= 15 is 0 Å². The van der Waals surface area contributed by atoms with Crippen molar-refractivity contribution in [1.29, 1.82) is 0 Å². The molecular weight excluding hydrogens is 350 g/mol. The maximum absolute atomic E-state index is 6.44. The van der Waals surface area contributed by atoms with Crippen LogP contribution in [0.2, 0.25) is 0 Å². The van der Waals surface area contributed by atoms with Crippen molar-refractivity contribution >= 4 is 0 Å². The Morgan fingerprint density at radius 3 is 2.00 bits per heavy atom. The van der Waals surface area contributed by atoms with Gasteiger partial charge in [0, 0.05) is 45.9 Å². The fourth-order valence-electron chi connectivity index (χ4n) is 5.35. The molecule has 0 aromatic rings. The number of piperidine rings is 3. The van der Waals surface area contributed by atoms with E-state index in [1.165, 1.54) is 97.2 Å². The third kappa shape index (κ3) is 6.40. The van der Waals surface area contributed by atoms with Gasteiger partial charge in [0.25, 0.3) is 0 Å². The lowest BCUT2D eigenvalue weighted by atomic mass is 9.86. The number of nitrogens with one attached hydrogen (secondary N) is 1. The summed E-state index contributed by atoms with van der Waals surface area (Å²) < 4.78 is 11.9. The lowest BCUT2D eigenvalue weighted by Gasteiger charge is -2.46. The molecule has 0 radical (unpaired) electrons. The van der Waals surface area contributed by atoms with Crippen LogP contribution >= 0.6 is 0 Å². The van der Waals surface area contributed by atoms with Crippen LogP contribution in [0, 0.1) is 5.92 Å². The van der Waals surface area contributed by atoms with Crippen LogP contribution in [0.5, 0.6) is 0 Å². The zero-order chi connectivity index (χ0) is 19.8. The molecule has 4 rings (SSSR count). The average molecular weight is 396 g/mol. The fourth-order valence-corrected chi connectivity index (χ4v) is 5.35. The first-order valence-corrected chi connectivity index (χ1v) is 12.2. The lowest BCUT2D eigenvalue weighted by molar-refractivity contribution is -0.110. The molecule has 3 saturated heterocycles. The normalized spacial score (nSPS) is 31.8. The van der Waals surface area contributed by atoms with Gasteiger partial charge in [-0.05, 0) is 70.4 Å². The number of ether oxygens (including phenoxy) is 2. The van der Waals surface area contributed by atoms with Crippen molar-refractivity contribution in [3.63, 3.8) is 0 Å². The number of methoxy groups -OCH3 is 1. The molecule has 5 heteroatoms. The van der Waals surface area contributed by atoms with Gasteiger partial charge in [-0.15, -0.1) is 0 Å². The van der Waals surface area contributed by atoms with E-state index in [0.717, 1.165) is 12.0 Å². The van der Waals surface area contributed by atoms with E-state index in [1.54, 1.807) is 0 Å². The lowest BCUT2D eigenvalue weighted by Crippen LogP contribution is -2.52. The van der Waals surface area contributed by atoms with Crippen molar-refractivity contribution in [2.45, 2.75) is 89.6 Å². The predicted molar refractivity (Wildman–Crippen MR) is 116 cm³/mol. The second kappa shape index (κ2) is 11.8. The summed E-state index contributed by atoms with van der Waals surface area (Å²) in [7, 11) is 1.85. The second-order valence-corrected chi connectivity index (χ2v) is 9.05. The van der Waals surface area contributed by atoms with Crippen molar-refractivity contribution in [2.24, 2.45) is 5.92 Å². The summed E-state index contributed by atoms with van der Waals surface area (Å²) in [5.74, 6) is 0.920. The van der Waals surface area contributed by atoms with Crippen LogP contribution in [0.4, 0.5) is 0 Å². The zero-order valence-corrected chi connectivity index (χ0v) is 18.7. The third-order valence-electron chi connectivity index (χ3n) is 7.29. The van der Waals surface area contributed by atoms with Crippen LogP contribution in [-0.4, -0.2) is 87.1 Å². The summed E-state index contributed by atoms with van der Waals surface area (Å²) in [5.41, 5.74) is 0. The van der Waals surface area contributed by atoms with Gasteiger partial charge in [-0.3, -0.25) is 4.90 Å². The molecule has 1 aliphatic carbocycles. The molecule has 0 aromatic heterocycles. The van der Waals surface area contributed by atoms with E-state index in [-0.39, 0.29) is 0 Å². The Morgan fingerprint density at radius 2 is 1.39 bits per heavy atom. The summed E-state index contributed by atoms with van der Waals surface area (Å²) in [6.07, 6.45) is 11.7. The quantitative estimate of drug-likeness (QED) is 0.748. The van der Waals surface area contributed by atoms with Gasteiger partial charge in [0.1, 0.15) is 0 Å². The Labute approximate surface area is 173 Å². The molecule has 1 saturated carbocycles. The van der Waals surface area contributed by atoms with Crippen molar-refractivity contribution in [3.8, 4) is 0 Å². The van der Waals surface area contributed by atoms with Gasteiger partial charge in [0.05, 0.1) is 18.3 Å². The molecule has 28 heavy (non-hydrogen) atoms. The highest BCUT2D eigenvalue weighted by Gasteiger charge is 2.37. The molecule has 0 bridgehead atoms. The van der Waals surface area contributed by atoms with Crippen LogP contribution in [0.1, 0.15) is 65.2 Å². The minimum Gasteiger partial charge on any atom is -0.381 e. The van der Waals surface area contributed by atoms with E-state index in [0.29, 0.717) is 18.3 Å².